The van der Waals surface area contributed by atoms with Crippen molar-refractivity contribution in [2.24, 2.45) is 0 Å². The number of aliphatic hydroxyl groups is 2. The van der Waals surface area contributed by atoms with Gasteiger partial charge < -0.3 is 14.9 Å². The summed E-state index contributed by atoms with van der Waals surface area (Å²) in [4.78, 5) is 0. The molecule has 0 amide bonds. The van der Waals surface area contributed by atoms with Crippen molar-refractivity contribution < 1.29 is 14.9 Å². The minimum atomic E-state index is -0.426. The van der Waals surface area contributed by atoms with Crippen LogP contribution in [0.5, 0.6) is 0 Å². The van der Waals surface area contributed by atoms with Gasteiger partial charge in [0.2, 0.25) is 0 Å². The lowest BCUT2D eigenvalue weighted by atomic mass is 10.3. The molecule has 0 saturated heterocycles. The molecule has 0 fully saturated rings. The summed E-state index contributed by atoms with van der Waals surface area (Å²) in [6.07, 6.45) is 2.11. The van der Waals surface area contributed by atoms with E-state index in [2.05, 4.69) is 13.2 Å². The Bertz CT molecular complexity index is 109. The highest BCUT2D eigenvalue weighted by molar-refractivity contribution is 4.85. The molecule has 0 aromatic rings. The SMILES string of the molecule is C=CC(CO)OC(C=C)CO. The summed E-state index contributed by atoms with van der Waals surface area (Å²) in [5.74, 6) is 0. The molecule has 2 atom stereocenters. The van der Waals surface area contributed by atoms with Crippen LogP contribution in [0.1, 0.15) is 0 Å². The Balaban J connectivity index is 3.76. The van der Waals surface area contributed by atoms with Crippen LogP contribution in [-0.2, 0) is 4.74 Å². The van der Waals surface area contributed by atoms with Crippen molar-refractivity contribution in [1.29, 1.82) is 0 Å². The molecule has 64 valence electrons. The Labute approximate surface area is 66.6 Å². The highest BCUT2D eigenvalue weighted by Gasteiger charge is 2.08. The molecule has 0 aliphatic carbocycles. The highest BCUT2D eigenvalue weighted by Crippen LogP contribution is 1.99. The Morgan fingerprint density at radius 2 is 1.45 bits per heavy atom. The van der Waals surface area contributed by atoms with Crippen LogP contribution >= 0.6 is 0 Å². The molecule has 0 rings (SSSR count). The van der Waals surface area contributed by atoms with Crippen LogP contribution in [0.15, 0.2) is 25.3 Å². The van der Waals surface area contributed by atoms with E-state index in [-0.39, 0.29) is 13.2 Å². The summed E-state index contributed by atoms with van der Waals surface area (Å²) in [7, 11) is 0. The van der Waals surface area contributed by atoms with Crippen LogP contribution in [0.25, 0.3) is 0 Å². The van der Waals surface area contributed by atoms with Crippen molar-refractivity contribution in [2.45, 2.75) is 12.2 Å². The molecule has 0 aromatic carbocycles. The highest BCUT2D eigenvalue weighted by atomic mass is 16.5. The second-order valence-electron chi connectivity index (χ2n) is 2.05. The smallest absolute Gasteiger partial charge is 0.0993 e. The van der Waals surface area contributed by atoms with Crippen molar-refractivity contribution in [3.05, 3.63) is 25.3 Å². The fourth-order valence-electron chi connectivity index (χ4n) is 0.571. The van der Waals surface area contributed by atoms with Gasteiger partial charge >= 0.3 is 0 Å². The van der Waals surface area contributed by atoms with Crippen molar-refractivity contribution in [1.82, 2.24) is 0 Å². The number of ether oxygens (including phenoxy) is 1. The van der Waals surface area contributed by atoms with E-state index < -0.39 is 12.2 Å². The maximum Gasteiger partial charge on any atom is 0.0993 e. The molecular formula is C8H14O3. The van der Waals surface area contributed by atoms with Crippen molar-refractivity contribution in [2.75, 3.05) is 13.2 Å². The number of hydrogen-bond acceptors (Lipinski definition) is 3. The summed E-state index contributed by atoms with van der Waals surface area (Å²) in [5.41, 5.74) is 0. The van der Waals surface area contributed by atoms with Crippen molar-refractivity contribution in [3.63, 3.8) is 0 Å². The summed E-state index contributed by atoms with van der Waals surface area (Å²) >= 11 is 0. The first kappa shape index (κ1) is 10.4. The quantitative estimate of drug-likeness (QED) is 0.539. The Kier molecular flexibility index (Phi) is 5.74. The predicted octanol–water partition coefficient (Wildman–Crippen LogP) is 0.0968. The standard InChI is InChI=1S/C8H14O3/c1-3-7(5-9)11-8(4-2)6-10/h3-4,7-10H,1-2,5-6H2. The average Bonchev–Trinajstić information content (AvgIpc) is 2.07. The number of hydrogen-bond donors (Lipinski definition) is 2. The maximum atomic E-state index is 8.65. The Hall–Kier alpha value is -0.640. The lowest BCUT2D eigenvalue weighted by Crippen LogP contribution is -2.24. The van der Waals surface area contributed by atoms with E-state index in [9.17, 15) is 0 Å². The van der Waals surface area contributed by atoms with Gasteiger partial charge in [-0.15, -0.1) is 13.2 Å². The van der Waals surface area contributed by atoms with Crippen LogP contribution in [0.3, 0.4) is 0 Å². The third kappa shape index (κ3) is 3.93. The van der Waals surface area contributed by atoms with E-state index in [0.29, 0.717) is 0 Å². The fourth-order valence-corrected chi connectivity index (χ4v) is 0.571. The molecule has 0 heterocycles. The molecule has 0 radical (unpaired) electrons. The maximum absolute atomic E-state index is 8.65. The van der Waals surface area contributed by atoms with Crippen molar-refractivity contribution in [3.8, 4) is 0 Å². The number of rotatable bonds is 6. The lowest BCUT2D eigenvalue weighted by molar-refractivity contribution is -0.0148. The van der Waals surface area contributed by atoms with Gasteiger partial charge in [0.15, 0.2) is 0 Å². The van der Waals surface area contributed by atoms with Gasteiger partial charge in [-0.3, -0.25) is 0 Å². The van der Waals surface area contributed by atoms with Gasteiger partial charge in [0, 0.05) is 0 Å². The van der Waals surface area contributed by atoms with Gasteiger partial charge in [-0.05, 0) is 0 Å². The molecule has 0 aromatic heterocycles. The van der Waals surface area contributed by atoms with E-state index >= 15 is 0 Å². The zero-order valence-electron chi connectivity index (χ0n) is 6.44. The van der Waals surface area contributed by atoms with Gasteiger partial charge in [0.25, 0.3) is 0 Å². The normalized spacial score (nSPS) is 15.5. The minimum absolute atomic E-state index is 0.131. The third-order valence-electron chi connectivity index (χ3n) is 1.24. The van der Waals surface area contributed by atoms with E-state index in [1.807, 2.05) is 0 Å². The fraction of sp³-hybridized carbons (Fsp3) is 0.500. The zero-order chi connectivity index (χ0) is 8.69. The largest absolute Gasteiger partial charge is 0.393 e. The van der Waals surface area contributed by atoms with Crippen LogP contribution in [0, 0.1) is 0 Å². The minimum Gasteiger partial charge on any atom is -0.393 e. The van der Waals surface area contributed by atoms with Crippen molar-refractivity contribution >= 4 is 0 Å². The topological polar surface area (TPSA) is 49.7 Å². The monoisotopic (exact) mass is 158 g/mol. The predicted molar refractivity (Wildman–Crippen MR) is 43.2 cm³/mol. The summed E-state index contributed by atoms with van der Waals surface area (Å²) in [6, 6.07) is 0. The first-order chi connectivity index (χ1) is 5.28. The molecule has 2 unspecified atom stereocenters. The van der Waals surface area contributed by atoms with Gasteiger partial charge in [0.1, 0.15) is 0 Å². The third-order valence-corrected chi connectivity index (χ3v) is 1.24. The molecule has 0 aliphatic heterocycles. The molecule has 0 bridgehead atoms. The molecular weight excluding hydrogens is 144 g/mol. The van der Waals surface area contributed by atoms with E-state index in [4.69, 9.17) is 14.9 Å². The van der Waals surface area contributed by atoms with Gasteiger partial charge in [-0.25, -0.2) is 0 Å². The van der Waals surface area contributed by atoms with Crippen LogP contribution in [-0.4, -0.2) is 35.6 Å². The molecule has 11 heavy (non-hydrogen) atoms. The van der Waals surface area contributed by atoms with Crippen LogP contribution in [0.2, 0.25) is 0 Å². The molecule has 0 spiro atoms. The summed E-state index contributed by atoms with van der Waals surface area (Å²) < 4.78 is 5.11. The van der Waals surface area contributed by atoms with E-state index in [1.165, 1.54) is 12.2 Å². The molecule has 3 nitrogen and oxygen atoms in total. The molecule has 3 heteroatoms. The van der Waals surface area contributed by atoms with E-state index in [1.54, 1.807) is 0 Å². The Morgan fingerprint density at radius 1 is 1.09 bits per heavy atom. The Morgan fingerprint density at radius 3 is 1.64 bits per heavy atom. The zero-order valence-corrected chi connectivity index (χ0v) is 6.44. The second kappa shape index (κ2) is 6.09. The number of aliphatic hydroxyl groups excluding tert-OH is 2. The average molecular weight is 158 g/mol. The molecule has 0 saturated carbocycles. The van der Waals surface area contributed by atoms with Gasteiger partial charge in [-0.2, -0.15) is 0 Å². The van der Waals surface area contributed by atoms with Gasteiger partial charge in [0.05, 0.1) is 25.4 Å². The first-order valence-corrected chi connectivity index (χ1v) is 3.40. The molecule has 2 N–H and O–H groups in total. The lowest BCUT2D eigenvalue weighted by Gasteiger charge is -2.16. The summed E-state index contributed by atoms with van der Waals surface area (Å²) in [5, 5.41) is 17.3. The first-order valence-electron chi connectivity index (χ1n) is 3.40. The van der Waals surface area contributed by atoms with Crippen LogP contribution < -0.4 is 0 Å². The van der Waals surface area contributed by atoms with E-state index in [0.717, 1.165) is 0 Å². The molecule has 0 aliphatic rings. The second-order valence-corrected chi connectivity index (χ2v) is 2.05. The van der Waals surface area contributed by atoms with Gasteiger partial charge in [-0.1, -0.05) is 12.2 Å². The summed E-state index contributed by atoms with van der Waals surface area (Å²) in [6.45, 7) is 6.64. The van der Waals surface area contributed by atoms with Crippen LogP contribution in [0.4, 0.5) is 0 Å².